The number of carbonyl (C=O) groups is 2. The average Bonchev–Trinajstić information content (AvgIpc) is 2.76. The molecule has 1 amide bonds. The van der Waals surface area contributed by atoms with Gasteiger partial charge < -0.3 is 24.4 Å². The fourth-order valence-corrected chi connectivity index (χ4v) is 3.75. The van der Waals surface area contributed by atoms with Gasteiger partial charge in [-0.3, -0.25) is 9.59 Å². The van der Waals surface area contributed by atoms with Crippen LogP contribution >= 0.6 is 15.9 Å². The van der Waals surface area contributed by atoms with Crippen LogP contribution in [0.3, 0.4) is 0 Å². The highest BCUT2D eigenvalue weighted by atomic mass is 79.9. The van der Waals surface area contributed by atoms with E-state index in [0.29, 0.717) is 5.75 Å². The van der Waals surface area contributed by atoms with Gasteiger partial charge in [-0.05, 0) is 45.8 Å². The van der Waals surface area contributed by atoms with Crippen LogP contribution in [0.2, 0.25) is 0 Å². The number of amides is 1. The van der Waals surface area contributed by atoms with Gasteiger partial charge in [0.05, 0.1) is 25.4 Å². The third-order valence-electron chi connectivity index (χ3n) is 4.74. The predicted molar refractivity (Wildman–Crippen MR) is 116 cm³/mol. The van der Waals surface area contributed by atoms with E-state index < -0.39 is 18.1 Å². The summed E-state index contributed by atoms with van der Waals surface area (Å²) in [5, 5.41) is 2.89. The van der Waals surface area contributed by atoms with Crippen LogP contribution in [0.4, 0.5) is 8.78 Å². The summed E-state index contributed by atoms with van der Waals surface area (Å²) in [5.74, 6) is -0.617. The van der Waals surface area contributed by atoms with E-state index in [4.69, 9.17) is 14.2 Å². The van der Waals surface area contributed by atoms with Gasteiger partial charge in [0.15, 0.2) is 17.3 Å². The summed E-state index contributed by atoms with van der Waals surface area (Å²) < 4.78 is 42.9. The monoisotopic (exact) mass is 510 g/mol. The molecule has 32 heavy (non-hydrogen) atoms. The molecule has 1 aliphatic rings. The van der Waals surface area contributed by atoms with Crippen LogP contribution < -0.4 is 19.5 Å². The number of ether oxygens (including phenoxy) is 3. The smallest absolute Gasteiger partial charge is 0.293 e. The van der Waals surface area contributed by atoms with Gasteiger partial charge in [0.25, 0.3) is 12.3 Å². The summed E-state index contributed by atoms with van der Waals surface area (Å²) >= 11 is 3.18. The van der Waals surface area contributed by atoms with Gasteiger partial charge >= 0.3 is 0 Å². The third kappa shape index (κ3) is 5.01. The van der Waals surface area contributed by atoms with Gasteiger partial charge in [-0.2, -0.15) is 0 Å². The van der Waals surface area contributed by atoms with Crippen LogP contribution in [0.25, 0.3) is 0 Å². The molecule has 0 bridgehead atoms. The summed E-state index contributed by atoms with van der Waals surface area (Å²) in [7, 11) is 2.90. The summed E-state index contributed by atoms with van der Waals surface area (Å²) in [4.78, 5) is 26.8. The Hall–Kier alpha value is -3.14. The SMILES string of the molecule is COc1ccc(CN2CNC(C(C)=O)=C(Oc3cc(C(F)F)cc(Br)c3OC)C2=O)cc1. The summed E-state index contributed by atoms with van der Waals surface area (Å²) in [6, 6.07) is 9.43. The molecular formula is C22H21BrF2N2O5. The van der Waals surface area contributed by atoms with Crippen molar-refractivity contribution in [2.24, 2.45) is 0 Å². The number of hydrogen-bond acceptors (Lipinski definition) is 6. The van der Waals surface area contributed by atoms with E-state index in [-0.39, 0.29) is 46.2 Å². The Morgan fingerprint density at radius 1 is 1.19 bits per heavy atom. The Labute approximate surface area is 192 Å². The number of methoxy groups -OCH3 is 2. The van der Waals surface area contributed by atoms with E-state index >= 15 is 0 Å². The Bertz CT molecular complexity index is 1060. The van der Waals surface area contributed by atoms with E-state index in [2.05, 4.69) is 21.2 Å². The highest BCUT2D eigenvalue weighted by molar-refractivity contribution is 9.10. The van der Waals surface area contributed by atoms with Crippen molar-refractivity contribution in [3.8, 4) is 17.2 Å². The minimum absolute atomic E-state index is 0.0402. The maximum atomic E-state index is 13.3. The van der Waals surface area contributed by atoms with Gasteiger partial charge in [-0.15, -0.1) is 0 Å². The summed E-state index contributed by atoms with van der Waals surface area (Å²) in [6.45, 7) is 1.58. The minimum atomic E-state index is -2.77. The predicted octanol–water partition coefficient (Wildman–Crippen LogP) is 4.17. The number of nitrogens with one attached hydrogen (secondary N) is 1. The molecule has 0 spiro atoms. The number of alkyl halides is 2. The quantitative estimate of drug-likeness (QED) is 0.574. The van der Waals surface area contributed by atoms with Crippen molar-refractivity contribution in [2.75, 3.05) is 20.9 Å². The van der Waals surface area contributed by atoms with Gasteiger partial charge in [0.2, 0.25) is 5.76 Å². The second kappa shape index (κ2) is 9.99. The molecule has 0 atom stereocenters. The molecule has 0 saturated heterocycles. The zero-order valence-electron chi connectivity index (χ0n) is 17.6. The molecule has 3 rings (SSSR count). The van der Waals surface area contributed by atoms with Gasteiger partial charge in [0, 0.05) is 19.0 Å². The molecule has 7 nitrogen and oxygen atoms in total. The van der Waals surface area contributed by atoms with Crippen LogP contribution in [0, 0.1) is 0 Å². The third-order valence-corrected chi connectivity index (χ3v) is 5.33. The normalized spacial score (nSPS) is 13.8. The topological polar surface area (TPSA) is 77.1 Å². The second-order valence-electron chi connectivity index (χ2n) is 6.88. The first-order valence-electron chi connectivity index (χ1n) is 9.49. The molecule has 0 fully saturated rings. The second-order valence-corrected chi connectivity index (χ2v) is 7.74. The first-order valence-corrected chi connectivity index (χ1v) is 10.3. The lowest BCUT2D eigenvalue weighted by Gasteiger charge is -2.30. The fourth-order valence-electron chi connectivity index (χ4n) is 3.13. The number of rotatable bonds is 8. The standard InChI is InChI=1S/C22H21BrF2N2O5/c1-12(28)18-20(32-17-9-14(21(24)25)8-16(23)19(17)31-3)22(29)27(11-26-18)10-13-4-6-15(30-2)7-5-13/h4-9,21,26H,10-11H2,1-3H3. The summed E-state index contributed by atoms with van der Waals surface area (Å²) in [6.07, 6.45) is -2.77. The van der Waals surface area contributed by atoms with Gasteiger partial charge in [-0.25, -0.2) is 8.78 Å². The Morgan fingerprint density at radius 2 is 1.88 bits per heavy atom. The van der Waals surface area contributed by atoms with Crippen LogP contribution in [0.15, 0.2) is 52.3 Å². The van der Waals surface area contributed by atoms with Crippen molar-refractivity contribution in [3.05, 3.63) is 63.5 Å². The maximum Gasteiger partial charge on any atom is 0.293 e. The largest absolute Gasteiger partial charge is 0.497 e. The lowest BCUT2D eigenvalue weighted by atomic mass is 10.1. The van der Waals surface area contributed by atoms with Crippen LogP contribution in [-0.2, 0) is 16.1 Å². The molecule has 1 aliphatic heterocycles. The number of nitrogens with zero attached hydrogens (tertiary/aromatic N) is 1. The van der Waals surface area contributed by atoms with E-state index in [1.165, 1.54) is 25.0 Å². The molecule has 2 aromatic carbocycles. The van der Waals surface area contributed by atoms with E-state index in [9.17, 15) is 18.4 Å². The maximum absolute atomic E-state index is 13.3. The highest BCUT2D eigenvalue weighted by Crippen LogP contribution is 2.40. The van der Waals surface area contributed by atoms with Gasteiger partial charge in [0.1, 0.15) is 11.4 Å². The fraction of sp³-hybridized carbons (Fsp3) is 0.273. The average molecular weight is 511 g/mol. The lowest BCUT2D eigenvalue weighted by Crippen LogP contribution is -2.47. The Balaban J connectivity index is 1.95. The number of carbonyl (C=O) groups excluding carboxylic acids is 2. The molecule has 0 radical (unpaired) electrons. The van der Waals surface area contributed by atoms with Crippen LogP contribution in [0.5, 0.6) is 17.2 Å². The molecule has 2 aromatic rings. The Morgan fingerprint density at radius 3 is 2.44 bits per heavy atom. The first-order chi connectivity index (χ1) is 15.2. The molecule has 1 N–H and O–H groups in total. The minimum Gasteiger partial charge on any atom is -0.497 e. The molecule has 1 heterocycles. The lowest BCUT2D eigenvalue weighted by molar-refractivity contribution is -0.132. The molecule has 10 heteroatoms. The molecule has 170 valence electrons. The number of allylic oxidation sites excluding steroid dienone is 1. The van der Waals surface area contributed by atoms with E-state index in [1.807, 2.05) is 12.1 Å². The zero-order valence-corrected chi connectivity index (χ0v) is 19.2. The van der Waals surface area contributed by atoms with Crippen molar-refractivity contribution in [2.45, 2.75) is 19.9 Å². The number of Topliss-reactive ketones (excluding diaryl/α,β-unsaturated/α-hetero) is 1. The molecule has 0 unspecified atom stereocenters. The van der Waals surface area contributed by atoms with Gasteiger partial charge in [-0.1, -0.05) is 12.1 Å². The van der Waals surface area contributed by atoms with Crippen molar-refractivity contribution in [1.29, 1.82) is 0 Å². The van der Waals surface area contributed by atoms with Crippen molar-refractivity contribution in [1.82, 2.24) is 10.2 Å². The molecule has 0 aromatic heterocycles. The van der Waals surface area contributed by atoms with Crippen molar-refractivity contribution >= 4 is 27.6 Å². The number of hydrogen-bond donors (Lipinski definition) is 1. The van der Waals surface area contributed by atoms with Crippen molar-refractivity contribution in [3.63, 3.8) is 0 Å². The first kappa shape index (κ1) is 23.5. The number of halogens is 3. The van der Waals surface area contributed by atoms with Crippen molar-refractivity contribution < 1.29 is 32.6 Å². The van der Waals surface area contributed by atoms with E-state index in [0.717, 1.165) is 11.6 Å². The Kier molecular flexibility index (Phi) is 7.34. The number of benzene rings is 2. The number of ketones is 1. The molecule has 0 saturated carbocycles. The molecular weight excluding hydrogens is 490 g/mol. The molecule has 0 aliphatic carbocycles. The zero-order chi connectivity index (χ0) is 23.4. The van der Waals surface area contributed by atoms with Crippen LogP contribution in [0.1, 0.15) is 24.5 Å². The highest BCUT2D eigenvalue weighted by Gasteiger charge is 2.32. The summed E-state index contributed by atoms with van der Waals surface area (Å²) in [5.41, 5.74) is 0.456. The van der Waals surface area contributed by atoms with E-state index in [1.54, 1.807) is 19.2 Å². The van der Waals surface area contributed by atoms with Crippen LogP contribution in [-0.4, -0.2) is 37.5 Å².